The SMILES string of the molecule is Nc1n[nH]c(C(=O)N2CCN3C(=O)CCC3C2)n1. The number of hydrogen-bond donors (Lipinski definition) is 2. The summed E-state index contributed by atoms with van der Waals surface area (Å²) in [6.45, 7) is 1.69. The second-order valence-corrected chi connectivity index (χ2v) is 4.57. The number of nitrogens with zero attached hydrogens (tertiary/aromatic N) is 4. The highest BCUT2D eigenvalue weighted by Crippen LogP contribution is 2.23. The number of amides is 2. The Hall–Kier alpha value is -2.12. The zero-order chi connectivity index (χ0) is 12.7. The Morgan fingerprint density at radius 1 is 1.44 bits per heavy atom. The number of hydrogen-bond acceptors (Lipinski definition) is 5. The van der Waals surface area contributed by atoms with Crippen LogP contribution in [-0.2, 0) is 4.79 Å². The van der Waals surface area contributed by atoms with E-state index in [0.29, 0.717) is 26.1 Å². The molecule has 0 aliphatic carbocycles. The third-order valence-electron chi connectivity index (χ3n) is 3.49. The van der Waals surface area contributed by atoms with Gasteiger partial charge in [-0.1, -0.05) is 0 Å². The Labute approximate surface area is 103 Å². The average molecular weight is 250 g/mol. The molecule has 2 amide bonds. The van der Waals surface area contributed by atoms with Crippen molar-refractivity contribution >= 4 is 17.8 Å². The topological polar surface area (TPSA) is 108 Å². The van der Waals surface area contributed by atoms with E-state index in [2.05, 4.69) is 15.2 Å². The highest BCUT2D eigenvalue weighted by molar-refractivity contribution is 5.91. The molecule has 1 unspecified atom stereocenters. The van der Waals surface area contributed by atoms with E-state index in [9.17, 15) is 9.59 Å². The lowest BCUT2D eigenvalue weighted by Crippen LogP contribution is -2.53. The van der Waals surface area contributed by atoms with Gasteiger partial charge in [0.1, 0.15) is 0 Å². The van der Waals surface area contributed by atoms with Crippen molar-refractivity contribution in [2.75, 3.05) is 25.4 Å². The van der Waals surface area contributed by atoms with Crippen LogP contribution in [0.25, 0.3) is 0 Å². The van der Waals surface area contributed by atoms with Gasteiger partial charge in [0.25, 0.3) is 5.91 Å². The molecule has 3 rings (SSSR count). The largest absolute Gasteiger partial charge is 0.366 e. The molecule has 2 fully saturated rings. The molecule has 18 heavy (non-hydrogen) atoms. The number of nitrogens with two attached hydrogens (primary N) is 1. The number of carbonyl (C=O) groups excluding carboxylic acids is 2. The molecular weight excluding hydrogens is 236 g/mol. The molecular formula is C10H14N6O2. The Bertz CT molecular complexity index is 498. The molecule has 0 spiro atoms. The predicted octanol–water partition coefficient (Wildman–Crippen LogP) is -1.17. The minimum atomic E-state index is -0.210. The van der Waals surface area contributed by atoms with Crippen molar-refractivity contribution in [2.45, 2.75) is 18.9 Å². The first-order valence-corrected chi connectivity index (χ1v) is 5.92. The number of piperazine rings is 1. The number of H-pyrrole nitrogens is 1. The van der Waals surface area contributed by atoms with Gasteiger partial charge in [-0.15, -0.1) is 5.10 Å². The van der Waals surface area contributed by atoms with E-state index in [0.717, 1.165) is 6.42 Å². The first-order chi connectivity index (χ1) is 8.65. The molecule has 3 N–H and O–H groups in total. The lowest BCUT2D eigenvalue weighted by molar-refractivity contribution is -0.130. The summed E-state index contributed by atoms with van der Waals surface area (Å²) in [5, 5.41) is 6.15. The van der Waals surface area contributed by atoms with Gasteiger partial charge in [-0.25, -0.2) is 0 Å². The quantitative estimate of drug-likeness (QED) is 0.653. The van der Waals surface area contributed by atoms with E-state index in [4.69, 9.17) is 5.73 Å². The third kappa shape index (κ3) is 1.69. The van der Waals surface area contributed by atoms with Crippen molar-refractivity contribution in [1.82, 2.24) is 25.0 Å². The molecule has 0 saturated carbocycles. The van der Waals surface area contributed by atoms with Crippen molar-refractivity contribution in [1.29, 1.82) is 0 Å². The lowest BCUT2D eigenvalue weighted by atomic mass is 10.1. The molecule has 0 aromatic carbocycles. The summed E-state index contributed by atoms with van der Waals surface area (Å²) >= 11 is 0. The number of nitrogens with one attached hydrogen (secondary N) is 1. The van der Waals surface area contributed by atoms with Crippen LogP contribution in [0, 0.1) is 0 Å². The fraction of sp³-hybridized carbons (Fsp3) is 0.600. The van der Waals surface area contributed by atoms with Gasteiger partial charge < -0.3 is 15.5 Å². The number of carbonyl (C=O) groups is 2. The molecule has 1 aromatic rings. The van der Waals surface area contributed by atoms with Gasteiger partial charge in [-0.2, -0.15) is 4.98 Å². The van der Waals surface area contributed by atoms with Crippen LogP contribution < -0.4 is 5.73 Å². The maximum absolute atomic E-state index is 12.1. The number of aromatic amines is 1. The summed E-state index contributed by atoms with van der Waals surface area (Å²) in [6, 6.07) is 0.149. The summed E-state index contributed by atoms with van der Waals surface area (Å²) in [5.41, 5.74) is 5.37. The summed E-state index contributed by atoms with van der Waals surface area (Å²) in [6.07, 6.45) is 1.41. The van der Waals surface area contributed by atoms with E-state index in [1.807, 2.05) is 4.90 Å². The van der Waals surface area contributed by atoms with Gasteiger partial charge in [0, 0.05) is 32.1 Å². The predicted molar refractivity (Wildman–Crippen MR) is 61.4 cm³/mol. The van der Waals surface area contributed by atoms with Gasteiger partial charge in [-0.05, 0) is 6.42 Å². The molecule has 3 heterocycles. The summed E-state index contributed by atoms with van der Waals surface area (Å²) in [7, 11) is 0. The molecule has 1 aromatic heterocycles. The van der Waals surface area contributed by atoms with Crippen molar-refractivity contribution in [3.63, 3.8) is 0 Å². The zero-order valence-electron chi connectivity index (χ0n) is 9.80. The van der Waals surface area contributed by atoms with Crippen LogP contribution >= 0.6 is 0 Å². The molecule has 8 nitrogen and oxygen atoms in total. The minimum Gasteiger partial charge on any atom is -0.366 e. The molecule has 0 radical (unpaired) electrons. The molecule has 2 aliphatic rings. The summed E-state index contributed by atoms with van der Waals surface area (Å²) in [5.74, 6) is 0.201. The minimum absolute atomic E-state index is 0.0630. The second kappa shape index (κ2) is 3.97. The highest BCUT2D eigenvalue weighted by Gasteiger charge is 2.37. The van der Waals surface area contributed by atoms with Gasteiger partial charge in [0.15, 0.2) is 0 Å². The molecule has 1 atom stereocenters. The monoisotopic (exact) mass is 250 g/mol. The molecule has 2 saturated heterocycles. The van der Waals surface area contributed by atoms with Crippen LogP contribution in [0.1, 0.15) is 23.5 Å². The van der Waals surface area contributed by atoms with E-state index in [1.165, 1.54) is 0 Å². The van der Waals surface area contributed by atoms with Crippen LogP contribution in [0.2, 0.25) is 0 Å². The fourth-order valence-electron chi connectivity index (χ4n) is 2.57. The van der Waals surface area contributed by atoms with E-state index in [-0.39, 0.29) is 29.6 Å². The second-order valence-electron chi connectivity index (χ2n) is 4.57. The Balaban J connectivity index is 1.71. The van der Waals surface area contributed by atoms with Crippen LogP contribution in [0.5, 0.6) is 0 Å². The van der Waals surface area contributed by atoms with Gasteiger partial charge in [0.05, 0.1) is 0 Å². The summed E-state index contributed by atoms with van der Waals surface area (Å²) in [4.78, 5) is 31.0. The van der Waals surface area contributed by atoms with Crippen molar-refractivity contribution in [2.24, 2.45) is 0 Å². The fourth-order valence-corrected chi connectivity index (χ4v) is 2.57. The van der Waals surface area contributed by atoms with Crippen LogP contribution in [0.4, 0.5) is 5.95 Å². The standard InChI is InChI=1S/C10H14N6O2/c11-10-12-8(13-14-10)9(18)15-3-4-16-6(5-15)1-2-7(16)17/h6H,1-5H2,(H3,11,12,13,14). The van der Waals surface area contributed by atoms with Crippen LogP contribution in [0.3, 0.4) is 0 Å². The molecule has 2 aliphatic heterocycles. The van der Waals surface area contributed by atoms with Gasteiger partial charge in [0.2, 0.25) is 17.7 Å². The Kier molecular flexibility index (Phi) is 2.42. The molecule has 96 valence electrons. The van der Waals surface area contributed by atoms with E-state index >= 15 is 0 Å². The van der Waals surface area contributed by atoms with Crippen molar-refractivity contribution in [3.8, 4) is 0 Å². The zero-order valence-corrected chi connectivity index (χ0v) is 9.80. The molecule has 8 heteroatoms. The maximum atomic E-state index is 12.1. The Morgan fingerprint density at radius 3 is 3.00 bits per heavy atom. The highest BCUT2D eigenvalue weighted by atomic mass is 16.2. The summed E-state index contributed by atoms with van der Waals surface area (Å²) < 4.78 is 0. The first-order valence-electron chi connectivity index (χ1n) is 5.92. The number of rotatable bonds is 1. The number of fused-ring (bicyclic) bond motifs is 1. The molecule has 0 bridgehead atoms. The normalized spacial score (nSPS) is 23.3. The number of nitrogen functional groups attached to an aromatic ring is 1. The van der Waals surface area contributed by atoms with Crippen LogP contribution in [-0.4, -0.2) is 62.5 Å². The third-order valence-corrected chi connectivity index (χ3v) is 3.49. The van der Waals surface area contributed by atoms with Crippen LogP contribution in [0.15, 0.2) is 0 Å². The van der Waals surface area contributed by atoms with E-state index in [1.54, 1.807) is 4.90 Å². The first kappa shape index (κ1) is 11.0. The van der Waals surface area contributed by atoms with Crippen molar-refractivity contribution in [3.05, 3.63) is 5.82 Å². The maximum Gasteiger partial charge on any atom is 0.291 e. The lowest BCUT2D eigenvalue weighted by Gasteiger charge is -2.37. The number of anilines is 1. The van der Waals surface area contributed by atoms with Crippen molar-refractivity contribution < 1.29 is 9.59 Å². The van der Waals surface area contributed by atoms with E-state index < -0.39 is 0 Å². The van der Waals surface area contributed by atoms with Gasteiger partial charge in [-0.3, -0.25) is 14.7 Å². The average Bonchev–Trinajstić information content (AvgIpc) is 2.95. The van der Waals surface area contributed by atoms with Gasteiger partial charge >= 0.3 is 0 Å². The number of aromatic nitrogens is 3. The smallest absolute Gasteiger partial charge is 0.291 e. The Morgan fingerprint density at radius 2 is 2.28 bits per heavy atom.